The Morgan fingerprint density at radius 1 is 1.55 bits per heavy atom. The van der Waals surface area contributed by atoms with Crippen LogP contribution in [0.1, 0.15) is 37.3 Å². The molecule has 0 saturated carbocycles. The molecule has 1 aliphatic heterocycles. The summed E-state index contributed by atoms with van der Waals surface area (Å²) < 4.78 is 13.3. The fourth-order valence-corrected chi connectivity index (χ4v) is 2.92. The van der Waals surface area contributed by atoms with Crippen LogP contribution in [0.3, 0.4) is 0 Å². The molecule has 0 radical (unpaired) electrons. The molecule has 1 heterocycles. The molecule has 0 bridgehead atoms. The van der Waals surface area contributed by atoms with Crippen molar-refractivity contribution in [2.75, 3.05) is 6.54 Å². The minimum Gasteiger partial charge on any atom is -0.389 e. The number of hydrogen-bond donors (Lipinski definition) is 1. The Hall–Kier alpha value is -1.49. The highest BCUT2D eigenvalue weighted by molar-refractivity contribution is 7.80. The number of rotatable bonds is 5. The maximum atomic E-state index is 13.3. The average molecular weight is 294 g/mol. The van der Waals surface area contributed by atoms with Crippen molar-refractivity contribution in [3.63, 3.8) is 0 Å². The Morgan fingerprint density at radius 2 is 2.30 bits per heavy atom. The molecule has 1 atom stereocenters. The zero-order valence-electron chi connectivity index (χ0n) is 11.6. The van der Waals surface area contributed by atoms with Gasteiger partial charge in [0.15, 0.2) is 0 Å². The maximum Gasteiger partial charge on any atom is 0.223 e. The average Bonchev–Trinajstić information content (AvgIpc) is 2.72. The number of amides is 1. The van der Waals surface area contributed by atoms with Crippen molar-refractivity contribution in [2.24, 2.45) is 11.7 Å². The standard InChI is InChI=1S/C15H19FN2OS/c1-2-3-10-6-14(19)18(8-10)9-11-4-5-12(16)7-13(11)15(17)20/h4-5,7,10H,2-3,6,8-9H2,1H3,(H2,17,20). The lowest BCUT2D eigenvalue weighted by Crippen LogP contribution is -2.26. The molecule has 1 fully saturated rings. The molecule has 3 nitrogen and oxygen atoms in total. The molecule has 0 spiro atoms. The monoisotopic (exact) mass is 294 g/mol. The topological polar surface area (TPSA) is 46.3 Å². The summed E-state index contributed by atoms with van der Waals surface area (Å²) in [6.07, 6.45) is 2.76. The van der Waals surface area contributed by atoms with Gasteiger partial charge >= 0.3 is 0 Å². The van der Waals surface area contributed by atoms with Crippen molar-refractivity contribution in [1.82, 2.24) is 4.90 Å². The number of carbonyl (C=O) groups excluding carboxylic acids is 1. The molecular weight excluding hydrogens is 275 g/mol. The first-order valence-electron chi connectivity index (χ1n) is 6.87. The van der Waals surface area contributed by atoms with Crippen molar-refractivity contribution < 1.29 is 9.18 Å². The van der Waals surface area contributed by atoms with Gasteiger partial charge in [-0.15, -0.1) is 0 Å². The molecule has 0 aromatic heterocycles. The van der Waals surface area contributed by atoms with Crippen LogP contribution in [-0.4, -0.2) is 22.3 Å². The second kappa shape index (κ2) is 6.31. The first-order valence-corrected chi connectivity index (χ1v) is 7.28. The SMILES string of the molecule is CCCC1CC(=O)N(Cc2ccc(F)cc2C(N)=S)C1. The molecule has 108 valence electrons. The molecule has 1 aromatic carbocycles. The summed E-state index contributed by atoms with van der Waals surface area (Å²) in [6, 6.07) is 4.37. The first-order chi connectivity index (χ1) is 9.51. The van der Waals surface area contributed by atoms with Crippen LogP contribution < -0.4 is 5.73 Å². The maximum absolute atomic E-state index is 13.3. The first kappa shape index (κ1) is 14.9. The van der Waals surface area contributed by atoms with Gasteiger partial charge in [-0.3, -0.25) is 4.79 Å². The molecule has 2 N–H and O–H groups in total. The summed E-state index contributed by atoms with van der Waals surface area (Å²) >= 11 is 4.95. The zero-order valence-corrected chi connectivity index (χ0v) is 12.4. The minimum absolute atomic E-state index is 0.154. The number of halogens is 1. The van der Waals surface area contributed by atoms with E-state index in [9.17, 15) is 9.18 Å². The van der Waals surface area contributed by atoms with E-state index in [1.165, 1.54) is 12.1 Å². The third kappa shape index (κ3) is 3.33. The lowest BCUT2D eigenvalue weighted by atomic mass is 10.0. The summed E-state index contributed by atoms with van der Waals surface area (Å²) in [6.45, 7) is 3.34. The number of nitrogens with zero attached hydrogens (tertiary/aromatic N) is 1. The van der Waals surface area contributed by atoms with Crippen LogP contribution in [0, 0.1) is 11.7 Å². The van der Waals surface area contributed by atoms with E-state index >= 15 is 0 Å². The summed E-state index contributed by atoms with van der Waals surface area (Å²) in [4.78, 5) is 14.0. The molecule has 1 amide bonds. The van der Waals surface area contributed by atoms with Crippen molar-refractivity contribution in [1.29, 1.82) is 0 Å². The smallest absolute Gasteiger partial charge is 0.223 e. The molecule has 20 heavy (non-hydrogen) atoms. The Morgan fingerprint density at radius 3 is 2.95 bits per heavy atom. The summed E-state index contributed by atoms with van der Waals surface area (Å²) in [5.74, 6) is 0.219. The van der Waals surface area contributed by atoms with Crippen LogP contribution >= 0.6 is 12.2 Å². The summed E-state index contributed by atoms with van der Waals surface area (Å²) in [7, 11) is 0. The van der Waals surface area contributed by atoms with Crippen molar-refractivity contribution in [3.05, 3.63) is 35.1 Å². The van der Waals surface area contributed by atoms with Crippen LogP contribution in [0.15, 0.2) is 18.2 Å². The van der Waals surface area contributed by atoms with E-state index in [4.69, 9.17) is 18.0 Å². The van der Waals surface area contributed by atoms with Gasteiger partial charge in [0.05, 0.1) is 0 Å². The highest BCUT2D eigenvalue weighted by Gasteiger charge is 2.29. The minimum atomic E-state index is -0.367. The molecule has 0 aliphatic carbocycles. The van der Waals surface area contributed by atoms with Crippen LogP contribution in [0.4, 0.5) is 4.39 Å². The van der Waals surface area contributed by atoms with Gasteiger partial charge < -0.3 is 10.6 Å². The van der Waals surface area contributed by atoms with Gasteiger partial charge in [-0.25, -0.2) is 4.39 Å². The fourth-order valence-electron chi connectivity index (χ4n) is 2.73. The van der Waals surface area contributed by atoms with E-state index in [-0.39, 0.29) is 16.7 Å². The zero-order chi connectivity index (χ0) is 14.7. The van der Waals surface area contributed by atoms with E-state index < -0.39 is 0 Å². The van der Waals surface area contributed by atoms with Gasteiger partial charge in [0.1, 0.15) is 10.8 Å². The van der Waals surface area contributed by atoms with Gasteiger partial charge in [0.25, 0.3) is 0 Å². The van der Waals surface area contributed by atoms with Gasteiger partial charge in [-0.05, 0) is 30.0 Å². The Labute approximate surface area is 123 Å². The van der Waals surface area contributed by atoms with E-state index in [0.717, 1.165) is 24.9 Å². The normalized spacial score (nSPS) is 18.6. The van der Waals surface area contributed by atoms with Gasteiger partial charge in [0, 0.05) is 25.1 Å². The Balaban J connectivity index is 2.14. The number of carbonyl (C=O) groups is 1. The number of benzene rings is 1. The van der Waals surface area contributed by atoms with Crippen molar-refractivity contribution in [2.45, 2.75) is 32.7 Å². The largest absolute Gasteiger partial charge is 0.389 e. The van der Waals surface area contributed by atoms with Crippen LogP contribution in [0.2, 0.25) is 0 Å². The van der Waals surface area contributed by atoms with Crippen molar-refractivity contribution >= 4 is 23.1 Å². The highest BCUT2D eigenvalue weighted by atomic mass is 32.1. The van der Waals surface area contributed by atoms with E-state index in [1.807, 2.05) is 4.90 Å². The quantitative estimate of drug-likeness (QED) is 0.849. The van der Waals surface area contributed by atoms with Gasteiger partial charge in [0.2, 0.25) is 5.91 Å². The second-order valence-corrected chi connectivity index (χ2v) is 5.74. The molecule has 2 rings (SSSR count). The van der Waals surface area contributed by atoms with Gasteiger partial charge in [-0.1, -0.05) is 31.6 Å². The van der Waals surface area contributed by atoms with Crippen LogP contribution in [0.25, 0.3) is 0 Å². The van der Waals surface area contributed by atoms with Gasteiger partial charge in [-0.2, -0.15) is 0 Å². The predicted octanol–water partition coefficient (Wildman–Crippen LogP) is 2.61. The van der Waals surface area contributed by atoms with E-state index in [1.54, 1.807) is 6.07 Å². The second-order valence-electron chi connectivity index (χ2n) is 5.30. The third-order valence-corrected chi connectivity index (χ3v) is 3.91. The number of thiocarbonyl (C=S) groups is 1. The van der Waals surface area contributed by atoms with Crippen LogP contribution in [0.5, 0.6) is 0 Å². The molecule has 1 aromatic rings. The molecule has 1 unspecified atom stereocenters. The Bertz CT molecular complexity index is 533. The van der Waals surface area contributed by atoms with Crippen molar-refractivity contribution in [3.8, 4) is 0 Å². The number of nitrogens with two attached hydrogens (primary N) is 1. The Kier molecular flexibility index (Phi) is 4.70. The van der Waals surface area contributed by atoms with E-state index in [0.29, 0.717) is 24.4 Å². The van der Waals surface area contributed by atoms with Crippen LogP contribution in [-0.2, 0) is 11.3 Å². The molecule has 1 saturated heterocycles. The third-order valence-electron chi connectivity index (χ3n) is 3.69. The predicted molar refractivity (Wildman–Crippen MR) is 80.7 cm³/mol. The molecular formula is C15H19FN2OS. The fraction of sp³-hybridized carbons (Fsp3) is 0.467. The molecule has 5 heteroatoms. The lowest BCUT2D eigenvalue weighted by Gasteiger charge is -2.18. The summed E-state index contributed by atoms with van der Waals surface area (Å²) in [5, 5.41) is 0. The van der Waals surface area contributed by atoms with E-state index in [2.05, 4.69) is 6.92 Å². The highest BCUT2D eigenvalue weighted by Crippen LogP contribution is 2.25. The summed E-state index contributed by atoms with van der Waals surface area (Å²) in [5.41, 5.74) is 6.96. The number of hydrogen-bond acceptors (Lipinski definition) is 2. The number of likely N-dealkylation sites (tertiary alicyclic amines) is 1. The molecule has 1 aliphatic rings. The lowest BCUT2D eigenvalue weighted by molar-refractivity contribution is -0.128.